The smallest absolute Gasteiger partial charge is 0.338 e. The molecule has 10 nitrogen and oxygen atoms in total. The number of hydrogen-bond donors (Lipinski definition) is 2. The molecular formula is C24H23FN6O4. The van der Waals surface area contributed by atoms with E-state index in [0.29, 0.717) is 17.9 Å². The molecule has 1 aromatic carbocycles. The number of carboxylic acid groups (broad SMARTS) is 1. The second kappa shape index (κ2) is 8.82. The van der Waals surface area contributed by atoms with Crippen molar-refractivity contribution in [3.05, 3.63) is 70.2 Å². The lowest BCUT2D eigenvalue weighted by atomic mass is 10.1. The van der Waals surface area contributed by atoms with Gasteiger partial charge in [-0.15, -0.1) is 0 Å². The number of carboxylic acids is 1. The number of rotatable bonds is 4. The molecule has 35 heavy (non-hydrogen) atoms. The van der Waals surface area contributed by atoms with E-state index < -0.39 is 17.3 Å². The molecule has 1 amide bonds. The number of amides is 1. The Morgan fingerprint density at radius 3 is 2.74 bits per heavy atom. The van der Waals surface area contributed by atoms with E-state index in [0.717, 1.165) is 30.2 Å². The number of carbonyl (C=O) groups excluding carboxylic acids is 1. The van der Waals surface area contributed by atoms with Crippen molar-refractivity contribution in [2.24, 2.45) is 0 Å². The summed E-state index contributed by atoms with van der Waals surface area (Å²) in [6, 6.07) is 7.07. The zero-order chi connectivity index (χ0) is 24.7. The Labute approximate surface area is 198 Å². The molecule has 5 rings (SSSR count). The number of aromatic nitrogens is 5. The summed E-state index contributed by atoms with van der Waals surface area (Å²) in [5.74, 6) is -2.02. The van der Waals surface area contributed by atoms with E-state index in [-0.39, 0.29) is 34.4 Å². The van der Waals surface area contributed by atoms with Crippen molar-refractivity contribution in [2.75, 3.05) is 6.54 Å². The standard InChI is InChI=1S/C24H23FN6O4/c1-14-5-3-2-4-8-29(14)23(33)20-11-22(32)31-21(27-20)10-19(28-31)17-7-6-16(9-18(17)25)30-13-15(12-26-30)24(34)35/h6-7,9-14,28H,2-5,8H2,1H3,(H,34,35)/t14-/m1/s1. The van der Waals surface area contributed by atoms with Crippen LogP contribution in [0.15, 0.2) is 47.5 Å². The van der Waals surface area contributed by atoms with Crippen LogP contribution in [0.25, 0.3) is 22.6 Å². The first-order chi connectivity index (χ1) is 16.8. The fourth-order valence-electron chi connectivity index (χ4n) is 4.40. The van der Waals surface area contributed by atoms with Crippen LogP contribution in [0.4, 0.5) is 4.39 Å². The van der Waals surface area contributed by atoms with Gasteiger partial charge in [-0.3, -0.25) is 14.7 Å². The number of aromatic amines is 1. The van der Waals surface area contributed by atoms with Crippen molar-refractivity contribution in [3.8, 4) is 16.9 Å². The summed E-state index contributed by atoms with van der Waals surface area (Å²) in [4.78, 5) is 43.0. The number of benzene rings is 1. The van der Waals surface area contributed by atoms with Crippen LogP contribution in [-0.2, 0) is 0 Å². The van der Waals surface area contributed by atoms with E-state index >= 15 is 4.39 Å². The predicted molar refractivity (Wildman–Crippen MR) is 124 cm³/mol. The number of aromatic carboxylic acids is 1. The van der Waals surface area contributed by atoms with E-state index in [1.54, 1.807) is 11.0 Å². The van der Waals surface area contributed by atoms with Crippen molar-refractivity contribution in [1.29, 1.82) is 0 Å². The Morgan fingerprint density at radius 1 is 1.17 bits per heavy atom. The van der Waals surface area contributed by atoms with Crippen LogP contribution < -0.4 is 5.56 Å². The van der Waals surface area contributed by atoms with Crippen LogP contribution in [0.1, 0.15) is 53.5 Å². The van der Waals surface area contributed by atoms with Crippen LogP contribution >= 0.6 is 0 Å². The lowest BCUT2D eigenvalue weighted by molar-refractivity contribution is 0.0684. The summed E-state index contributed by atoms with van der Waals surface area (Å²) in [5.41, 5.74) is 0.608. The van der Waals surface area contributed by atoms with Crippen molar-refractivity contribution in [1.82, 2.24) is 29.3 Å². The number of halogens is 1. The van der Waals surface area contributed by atoms with Gasteiger partial charge in [0, 0.05) is 42.5 Å². The molecule has 180 valence electrons. The molecule has 0 saturated carbocycles. The summed E-state index contributed by atoms with van der Waals surface area (Å²) in [5, 5.41) is 15.8. The summed E-state index contributed by atoms with van der Waals surface area (Å²) in [7, 11) is 0. The van der Waals surface area contributed by atoms with Crippen molar-refractivity contribution in [2.45, 2.75) is 38.6 Å². The number of nitrogens with one attached hydrogen (secondary N) is 1. The number of likely N-dealkylation sites (tertiary alicyclic amines) is 1. The van der Waals surface area contributed by atoms with E-state index in [1.165, 1.54) is 41.3 Å². The molecule has 4 aromatic rings. The fraction of sp³-hybridized carbons (Fsp3) is 0.292. The first-order valence-corrected chi connectivity index (χ1v) is 11.3. The highest BCUT2D eigenvalue weighted by atomic mass is 19.1. The zero-order valence-corrected chi connectivity index (χ0v) is 18.9. The molecule has 1 fully saturated rings. The highest BCUT2D eigenvalue weighted by Crippen LogP contribution is 2.25. The fourth-order valence-corrected chi connectivity index (χ4v) is 4.40. The molecular weight excluding hydrogens is 455 g/mol. The molecule has 3 aromatic heterocycles. The Bertz CT molecular complexity index is 1500. The summed E-state index contributed by atoms with van der Waals surface area (Å²) < 4.78 is 17.4. The molecule has 1 aliphatic rings. The minimum absolute atomic E-state index is 0.0181. The molecule has 0 bridgehead atoms. The molecule has 4 heterocycles. The van der Waals surface area contributed by atoms with E-state index in [4.69, 9.17) is 5.11 Å². The van der Waals surface area contributed by atoms with Gasteiger partial charge < -0.3 is 10.0 Å². The first-order valence-electron chi connectivity index (χ1n) is 11.3. The highest BCUT2D eigenvalue weighted by molar-refractivity contribution is 5.93. The maximum Gasteiger partial charge on any atom is 0.338 e. The third-order valence-electron chi connectivity index (χ3n) is 6.32. The molecule has 0 unspecified atom stereocenters. The Morgan fingerprint density at radius 2 is 2.00 bits per heavy atom. The third kappa shape index (κ3) is 4.20. The normalized spacial score (nSPS) is 16.4. The first kappa shape index (κ1) is 22.5. The van der Waals surface area contributed by atoms with Crippen LogP contribution in [0.2, 0.25) is 0 Å². The molecule has 0 spiro atoms. The number of H-pyrrole nitrogens is 1. The van der Waals surface area contributed by atoms with Crippen LogP contribution in [-0.4, -0.2) is 58.8 Å². The van der Waals surface area contributed by atoms with Gasteiger partial charge in [0.15, 0.2) is 5.65 Å². The van der Waals surface area contributed by atoms with Crippen LogP contribution in [0, 0.1) is 5.82 Å². The molecule has 1 atom stereocenters. The van der Waals surface area contributed by atoms with Gasteiger partial charge in [0.05, 0.1) is 23.1 Å². The van der Waals surface area contributed by atoms with Gasteiger partial charge in [-0.2, -0.15) is 5.10 Å². The second-order valence-electron chi connectivity index (χ2n) is 8.68. The molecule has 0 aliphatic carbocycles. The van der Waals surface area contributed by atoms with Gasteiger partial charge in [-0.1, -0.05) is 12.8 Å². The number of fused-ring (bicyclic) bond motifs is 1. The van der Waals surface area contributed by atoms with Crippen molar-refractivity contribution >= 4 is 17.5 Å². The van der Waals surface area contributed by atoms with Crippen molar-refractivity contribution < 1.29 is 19.1 Å². The maximum atomic E-state index is 15.0. The highest BCUT2D eigenvalue weighted by Gasteiger charge is 2.25. The summed E-state index contributed by atoms with van der Waals surface area (Å²) >= 11 is 0. The number of nitrogens with zero attached hydrogens (tertiary/aromatic N) is 5. The minimum atomic E-state index is -1.13. The quantitative estimate of drug-likeness (QED) is 0.464. The van der Waals surface area contributed by atoms with E-state index in [9.17, 15) is 14.4 Å². The van der Waals surface area contributed by atoms with Gasteiger partial charge in [-0.05, 0) is 31.9 Å². The monoisotopic (exact) mass is 478 g/mol. The van der Waals surface area contributed by atoms with Gasteiger partial charge in [-0.25, -0.2) is 23.4 Å². The average Bonchev–Trinajstić information content (AvgIpc) is 3.43. The number of hydrogen-bond acceptors (Lipinski definition) is 5. The lowest BCUT2D eigenvalue weighted by Crippen LogP contribution is -2.39. The van der Waals surface area contributed by atoms with Gasteiger partial charge in [0.25, 0.3) is 11.5 Å². The number of carbonyl (C=O) groups is 2. The molecule has 0 radical (unpaired) electrons. The lowest BCUT2D eigenvalue weighted by Gasteiger charge is -2.26. The topological polar surface area (TPSA) is 126 Å². The van der Waals surface area contributed by atoms with Crippen molar-refractivity contribution in [3.63, 3.8) is 0 Å². The molecule has 2 N–H and O–H groups in total. The second-order valence-corrected chi connectivity index (χ2v) is 8.68. The van der Waals surface area contributed by atoms with Gasteiger partial charge in [0.2, 0.25) is 0 Å². The SMILES string of the molecule is C[C@@H]1CCCCCN1C(=O)c1cc(=O)n2[nH]c(-c3ccc(-n4cc(C(=O)O)cn4)cc3F)cc2n1. The van der Waals surface area contributed by atoms with Gasteiger partial charge in [0.1, 0.15) is 11.5 Å². The average molecular weight is 478 g/mol. The summed E-state index contributed by atoms with van der Waals surface area (Å²) in [6.07, 6.45) is 6.41. The van der Waals surface area contributed by atoms with E-state index in [2.05, 4.69) is 15.2 Å². The van der Waals surface area contributed by atoms with E-state index in [1.807, 2.05) is 6.92 Å². The Hall–Kier alpha value is -4.28. The Kier molecular flexibility index (Phi) is 5.67. The van der Waals surface area contributed by atoms with Crippen LogP contribution in [0.3, 0.4) is 0 Å². The largest absolute Gasteiger partial charge is 0.478 e. The Balaban J connectivity index is 1.47. The minimum Gasteiger partial charge on any atom is -0.478 e. The third-order valence-corrected chi connectivity index (χ3v) is 6.32. The maximum absolute atomic E-state index is 15.0. The molecule has 1 aliphatic heterocycles. The summed E-state index contributed by atoms with van der Waals surface area (Å²) in [6.45, 7) is 2.63. The predicted octanol–water partition coefficient (Wildman–Crippen LogP) is 3.12. The zero-order valence-electron chi connectivity index (χ0n) is 18.9. The molecule has 11 heteroatoms. The van der Waals surface area contributed by atoms with Gasteiger partial charge >= 0.3 is 5.97 Å². The molecule has 1 saturated heterocycles. The van der Waals surface area contributed by atoms with Crippen LogP contribution in [0.5, 0.6) is 0 Å².